The quantitative estimate of drug-likeness (QED) is 0.405. The van der Waals surface area contributed by atoms with Crippen LogP contribution in [-0.2, 0) is 12.1 Å². The third kappa shape index (κ3) is 6.03. The number of pyridine rings is 1. The largest absolute Gasteiger partial charge is 0.494 e. The maximum absolute atomic E-state index is 10.2. The molecule has 3 N–H and O–H groups in total. The highest BCUT2D eigenvalue weighted by atomic mass is 35.5. The number of rotatable bonds is 7. The molecular formula is C23H26ClN7O2. The molecule has 2 aromatic heterocycles. The number of methoxy groups -OCH3 is 1. The van der Waals surface area contributed by atoms with Gasteiger partial charge in [0.1, 0.15) is 17.0 Å². The number of hydrogen-bond donors (Lipinski definition) is 2. The van der Waals surface area contributed by atoms with Crippen molar-refractivity contribution in [1.82, 2.24) is 20.0 Å². The van der Waals surface area contributed by atoms with Gasteiger partial charge in [-0.25, -0.2) is 14.7 Å². The fourth-order valence-corrected chi connectivity index (χ4v) is 3.26. The molecule has 2 heterocycles. The average molecular weight is 468 g/mol. The zero-order chi connectivity index (χ0) is 24.2. The molecule has 0 amide bonds. The molecule has 0 unspecified atom stereocenters. The molecule has 0 radical (unpaired) electrons. The number of nitrogens with two attached hydrogens (primary N) is 1. The number of aromatic nitrogens is 4. The minimum Gasteiger partial charge on any atom is -0.494 e. The van der Waals surface area contributed by atoms with Crippen LogP contribution < -0.4 is 10.5 Å². The molecule has 0 saturated carbocycles. The summed E-state index contributed by atoms with van der Waals surface area (Å²) in [5.74, 6) is 0.472. The lowest BCUT2D eigenvalue weighted by Crippen LogP contribution is -2.18. The molecule has 172 valence electrons. The summed E-state index contributed by atoms with van der Waals surface area (Å²) in [5, 5.41) is 18.9. The second-order valence-electron chi connectivity index (χ2n) is 7.81. The van der Waals surface area contributed by atoms with Crippen LogP contribution >= 0.6 is 11.6 Å². The van der Waals surface area contributed by atoms with E-state index in [0.717, 1.165) is 5.69 Å². The molecule has 0 aliphatic carbocycles. The lowest BCUT2D eigenvalue weighted by Gasteiger charge is -2.17. The van der Waals surface area contributed by atoms with E-state index >= 15 is 0 Å². The number of ether oxygens (including phenoxy) is 1. The topological polar surface area (TPSA) is 124 Å². The van der Waals surface area contributed by atoms with Gasteiger partial charge in [0, 0.05) is 5.56 Å². The number of halogens is 1. The predicted octanol–water partition coefficient (Wildman–Crippen LogP) is 3.41. The minimum absolute atomic E-state index is 0.00798. The average Bonchev–Trinajstić information content (AvgIpc) is 3.21. The van der Waals surface area contributed by atoms with E-state index in [0.29, 0.717) is 45.7 Å². The summed E-state index contributed by atoms with van der Waals surface area (Å²) in [5.41, 5.74) is 8.36. The first-order valence-corrected chi connectivity index (χ1v) is 10.5. The fourth-order valence-electron chi connectivity index (χ4n) is 3.01. The van der Waals surface area contributed by atoms with Crippen LogP contribution in [0.2, 0.25) is 5.02 Å². The Bertz CT molecular complexity index is 1230. The number of benzene rings is 1. The Hall–Kier alpha value is -3.56. The van der Waals surface area contributed by atoms with Crippen LogP contribution in [0.25, 0.3) is 5.70 Å². The van der Waals surface area contributed by atoms with Crippen molar-refractivity contribution in [3.05, 3.63) is 76.8 Å². The second-order valence-corrected chi connectivity index (χ2v) is 8.22. The van der Waals surface area contributed by atoms with Gasteiger partial charge in [-0.1, -0.05) is 35.5 Å². The number of aliphatic hydroxyl groups is 1. The summed E-state index contributed by atoms with van der Waals surface area (Å²) in [6, 6.07) is 10.8. The highest BCUT2D eigenvalue weighted by Crippen LogP contribution is 2.32. The van der Waals surface area contributed by atoms with Crippen LogP contribution in [0.3, 0.4) is 0 Å². The van der Waals surface area contributed by atoms with E-state index in [1.54, 1.807) is 55.9 Å². The molecule has 0 spiro atoms. The maximum Gasteiger partial charge on any atom is 0.220 e. The van der Waals surface area contributed by atoms with Crippen molar-refractivity contribution >= 4 is 29.0 Å². The van der Waals surface area contributed by atoms with Crippen LogP contribution in [0.1, 0.15) is 43.4 Å². The normalized spacial score (nSPS) is 12.7. The van der Waals surface area contributed by atoms with E-state index in [2.05, 4.69) is 31.9 Å². The Morgan fingerprint density at radius 3 is 2.67 bits per heavy atom. The van der Waals surface area contributed by atoms with Gasteiger partial charge in [-0.3, -0.25) is 4.98 Å². The molecule has 0 aliphatic rings. The molecule has 0 atom stereocenters. The maximum atomic E-state index is 10.2. The first-order chi connectivity index (χ1) is 15.6. The zero-order valence-electron chi connectivity index (χ0n) is 18.9. The number of aliphatic imine (C=N–C) groups is 2. The minimum atomic E-state index is -1.03. The number of guanidine groups is 1. The molecule has 9 nitrogen and oxygen atoms in total. The third-order valence-corrected chi connectivity index (χ3v) is 4.98. The SMILES string of the molecule is C=C(N=C(N)N=C(C)c1cn(Cc2cccc(C(C)(C)O)n2)nn1)c1cccc(Cl)c1OC. The summed E-state index contributed by atoms with van der Waals surface area (Å²) in [7, 11) is 1.52. The van der Waals surface area contributed by atoms with E-state index in [1.165, 1.54) is 7.11 Å². The summed E-state index contributed by atoms with van der Waals surface area (Å²) < 4.78 is 6.96. The van der Waals surface area contributed by atoms with Crippen molar-refractivity contribution in [2.45, 2.75) is 32.9 Å². The van der Waals surface area contributed by atoms with Crippen LogP contribution in [-0.4, -0.2) is 43.9 Å². The molecule has 3 aromatic rings. The van der Waals surface area contributed by atoms with Gasteiger partial charge in [0.15, 0.2) is 0 Å². The van der Waals surface area contributed by atoms with Crippen molar-refractivity contribution in [1.29, 1.82) is 0 Å². The Morgan fingerprint density at radius 1 is 1.24 bits per heavy atom. The van der Waals surface area contributed by atoms with Crippen molar-refractivity contribution in [2.75, 3.05) is 7.11 Å². The van der Waals surface area contributed by atoms with E-state index in [-0.39, 0.29) is 5.96 Å². The molecule has 10 heteroatoms. The number of para-hydroxylation sites is 1. The smallest absolute Gasteiger partial charge is 0.220 e. The van der Waals surface area contributed by atoms with E-state index < -0.39 is 5.60 Å². The van der Waals surface area contributed by atoms with Gasteiger partial charge < -0.3 is 15.6 Å². The summed E-state index contributed by atoms with van der Waals surface area (Å²) >= 11 is 6.16. The molecule has 0 saturated heterocycles. The molecule has 0 aliphatic heterocycles. The molecule has 1 aromatic carbocycles. The van der Waals surface area contributed by atoms with Gasteiger partial charge >= 0.3 is 0 Å². The second kappa shape index (κ2) is 9.93. The molecule has 3 rings (SSSR count). The Labute approximate surface area is 197 Å². The summed E-state index contributed by atoms with van der Waals surface area (Å²) in [4.78, 5) is 13.0. The Balaban J connectivity index is 1.76. The summed E-state index contributed by atoms with van der Waals surface area (Å²) in [6.45, 7) is 9.46. The van der Waals surface area contributed by atoms with Crippen LogP contribution in [0.4, 0.5) is 0 Å². The Kier molecular flexibility index (Phi) is 7.25. The van der Waals surface area contributed by atoms with Crippen LogP contribution in [0.5, 0.6) is 5.75 Å². The van der Waals surface area contributed by atoms with E-state index in [4.69, 9.17) is 22.1 Å². The first kappa shape index (κ1) is 24.1. The van der Waals surface area contributed by atoms with Gasteiger partial charge in [-0.15, -0.1) is 5.10 Å². The molecule has 0 fully saturated rings. The van der Waals surface area contributed by atoms with Gasteiger partial charge in [0.25, 0.3) is 0 Å². The van der Waals surface area contributed by atoms with Gasteiger partial charge in [0.05, 0.1) is 47.7 Å². The van der Waals surface area contributed by atoms with Crippen molar-refractivity contribution in [3.63, 3.8) is 0 Å². The zero-order valence-corrected chi connectivity index (χ0v) is 19.7. The van der Waals surface area contributed by atoms with Crippen molar-refractivity contribution in [3.8, 4) is 5.75 Å². The number of nitrogens with zero attached hydrogens (tertiary/aromatic N) is 6. The van der Waals surface area contributed by atoms with Gasteiger partial charge in [-0.2, -0.15) is 0 Å². The van der Waals surface area contributed by atoms with E-state index in [1.807, 2.05) is 12.1 Å². The predicted molar refractivity (Wildman–Crippen MR) is 129 cm³/mol. The molecule has 33 heavy (non-hydrogen) atoms. The Morgan fingerprint density at radius 2 is 1.97 bits per heavy atom. The standard InChI is InChI=1S/C23H26ClN7O2/c1-14(17-9-7-10-18(24)21(17)33-5)26-22(25)27-15(2)19-13-31(30-29-19)12-16-8-6-11-20(28-16)23(3,4)32/h6-11,13,32H,1,12H2,2-5H3,(H2,25,26). The highest BCUT2D eigenvalue weighted by Gasteiger charge is 2.18. The molecule has 0 bridgehead atoms. The van der Waals surface area contributed by atoms with Crippen LogP contribution in [0.15, 0.2) is 59.2 Å². The lowest BCUT2D eigenvalue weighted by molar-refractivity contribution is 0.0736. The van der Waals surface area contributed by atoms with Gasteiger partial charge in [0.2, 0.25) is 5.96 Å². The highest BCUT2D eigenvalue weighted by molar-refractivity contribution is 6.32. The fraction of sp³-hybridized carbons (Fsp3) is 0.261. The van der Waals surface area contributed by atoms with Crippen molar-refractivity contribution in [2.24, 2.45) is 15.7 Å². The van der Waals surface area contributed by atoms with Crippen molar-refractivity contribution < 1.29 is 9.84 Å². The monoisotopic (exact) mass is 467 g/mol. The lowest BCUT2D eigenvalue weighted by atomic mass is 10.0. The summed E-state index contributed by atoms with van der Waals surface area (Å²) in [6.07, 6.45) is 1.74. The number of hydrogen-bond acceptors (Lipinski definition) is 6. The first-order valence-electron chi connectivity index (χ1n) is 10.1. The third-order valence-electron chi connectivity index (χ3n) is 4.68. The van der Waals surface area contributed by atoms with E-state index in [9.17, 15) is 5.11 Å². The molecular weight excluding hydrogens is 442 g/mol. The van der Waals surface area contributed by atoms with Gasteiger partial charge in [-0.05, 0) is 45.0 Å². The van der Waals surface area contributed by atoms with Crippen LogP contribution in [0, 0.1) is 0 Å².